The van der Waals surface area contributed by atoms with Gasteiger partial charge in [0.2, 0.25) is 5.91 Å². The van der Waals surface area contributed by atoms with Crippen molar-refractivity contribution in [2.24, 2.45) is 23.3 Å². The van der Waals surface area contributed by atoms with Gasteiger partial charge in [-0.15, -0.1) is 0 Å². The summed E-state index contributed by atoms with van der Waals surface area (Å²) in [6, 6.07) is 8.09. The summed E-state index contributed by atoms with van der Waals surface area (Å²) in [7, 11) is 0. The molecule has 1 aliphatic rings. The molecule has 4 N–H and O–H groups in total. The second kappa shape index (κ2) is 4.26. The zero-order valence-electron chi connectivity index (χ0n) is 9.52. The molecule has 3 heteroatoms. The molecule has 1 saturated carbocycles. The van der Waals surface area contributed by atoms with Crippen LogP contribution in [0.2, 0.25) is 0 Å². The van der Waals surface area contributed by atoms with Gasteiger partial charge in [-0.3, -0.25) is 4.79 Å². The average Bonchev–Trinajstić information content (AvgIpc) is 2.14. The van der Waals surface area contributed by atoms with E-state index in [1.807, 2.05) is 25.1 Å². The number of aryl methyl sites for hydroxylation is 1. The van der Waals surface area contributed by atoms with Gasteiger partial charge in [0.15, 0.2) is 0 Å². The van der Waals surface area contributed by atoms with Gasteiger partial charge < -0.3 is 11.5 Å². The second-order valence-corrected chi connectivity index (χ2v) is 4.69. The molecule has 0 heterocycles. The lowest BCUT2D eigenvalue weighted by Crippen LogP contribution is -2.42. The Kier molecular flexibility index (Phi) is 2.97. The van der Waals surface area contributed by atoms with Crippen molar-refractivity contribution < 1.29 is 4.79 Å². The van der Waals surface area contributed by atoms with E-state index in [9.17, 15) is 4.79 Å². The summed E-state index contributed by atoms with van der Waals surface area (Å²) in [6.45, 7) is 2.04. The highest BCUT2D eigenvalue weighted by Crippen LogP contribution is 2.41. The van der Waals surface area contributed by atoms with E-state index in [4.69, 9.17) is 11.5 Å². The van der Waals surface area contributed by atoms with Crippen molar-refractivity contribution in [3.8, 4) is 0 Å². The summed E-state index contributed by atoms with van der Waals surface area (Å²) in [6.07, 6.45) is 1.89. The number of benzene rings is 1. The summed E-state index contributed by atoms with van der Waals surface area (Å²) in [4.78, 5) is 11.2. The molecular formula is C13H18N2O. The van der Waals surface area contributed by atoms with Crippen LogP contribution in [-0.2, 0) is 4.79 Å². The summed E-state index contributed by atoms with van der Waals surface area (Å²) in [5.74, 6) is -0.0193. The largest absolute Gasteiger partial charge is 0.369 e. The predicted octanol–water partition coefficient (Wildman–Crippen LogP) is 1.51. The van der Waals surface area contributed by atoms with Crippen LogP contribution < -0.4 is 11.5 Å². The maximum absolute atomic E-state index is 11.2. The van der Waals surface area contributed by atoms with Crippen molar-refractivity contribution in [1.29, 1.82) is 0 Å². The molecule has 3 nitrogen and oxygen atoms in total. The number of carbonyl (C=O) groups is 1. The van der Waals surface area contributed by atoms with Crippen LogP contribution in [0.5, 0.6) is 0 Å². The number of nitrogens with two attached hydrogens (primary N) is 2. The molecular weight excluding hydrogens is 200 g/mol. The average molecular weight is 218 g/mol. The van der Waals surface area contributed by atoms with E-state index >= 15 is 0 Å². The monoisotopic (exact) mass is 218 g/mol. The van der Waals surface area contributed by atoms with Crippen molar-refractivity contribution >= 4 is 5.91 Å². The Morgan fingerprint density at radius 1 is 1.44 bits per heavy atom. The molecule has 1 aromatic carbocycles. The van der Waals surface area contributed by atoms with Gasteiger partial charge in [0, 0.05) is 12.0 Å². The highest BCUT2D eigenvalue weighted by Gasteiger charge is 2.39. The smallest absolute Gasteiger partial charge is 0.220 e. The minimum absolute atomic E-state index is 0.0319. The molecule has 3 unspecified atom stereocenters. The van der Waals surface area contributed by atoms with E-state index in [2.05, 4.69) is 6.07 Å². The maximum Gasteiger partial charge on any atom is 0.220 e. The number of amides is 1. The molecule has 16 heavy (non-hydrogen) atoms. The fourth-order valence-electron chi connectivity index (χ4n) is 2.43. The Hall–Kier alpha value is -1.35. The van der Waals surface area contributed by atoms with E-state index in [0.29, 0.717) is 0 Å². The first-order chi connectivity index (χ1) is 7.59. The fraction of sp³-hybridized carbons (Fsp3) is 0.462. The first-order valence-electron chi connectivity index (χ1n) is 5.71. The molecule has 3 atom stereocenters. The number of rotatable bonds is 3. The standard InChI is InChI=1S/C13H18N2O/c1-8-3-2-4-9(7-8)12(14)10-5-6-11(10)13(15)16/h2-4,7,10-12H,5-6,14H2,1H3,(H2,15,16). The lowest BCUT2D eigenvalue weighted by Gasteiger charge is -2.38. The Balaban J connectivity index is 2.13. The number of primary amides is 1. The van der Waals surface area contributed by atoms with Gasteiger partial charge in [-0.05, 0) is 31.2 Å². The number of hydrogen-bond acceptors (Lipinski definition) is 2. The van der Waals surface area contributed by atoms with Crippen LogP contribution in [0.4, 0.5) is 0 Å². The van der Waals surface area contributed by atoms with Crippen molar-refractivity contribution in [2.45, 2.75) is 25.8 Å². The molecule has 1 fully saturated rings. The third-order valence-corrected chi connectivity index (χ3v) is 3.58. The second-order valence-electron chi connectivity index (χ2n) is 4.69. The molecule has 0 spiro atoms. The van der Waals surface area contributed by atoms with Crippen molar-refractivity contribution in [3.63, 3.8) is 0 Å². The van der Waals surface area contributed by atoms with Crippen molar-refractivity contribution in [3.05, 3.63) is 35.4 Å². The van der Waals surface area contributed by atoms with E-state index in [0.717, 1.165) is 18.4 Å². The van der Waals surface area contributed by atoms with Crippen LogP contribution in [0.25, 0.3) is 0 Å². The summed E-state index contributed by atoms with van der Waals surface area (Å²) < 4.78 is 0. The molecule has 0 bridgehead atoms. The Morgan fingerprint density at radius 3 is 2.69 bits per heavy atom. The third kappa shape index (κ3) is 1.95. The maximum atomic E-state index is 11.2. The third-order valence-electron chi connectivity index (χ3n) is 3.58. The SMILES string of the molecule is Cc1cccc(C(N)C2CCC2C(N)=O)c1. The zero-order valence-corrected chi connectivity index (χ0v) is 9.52. The first kappa shape index (κ1) is 11.1. The van der Waals surface area contributed by atoms with Crippen LogP contribution in [-0.4, -0.2) is 5.91 Å². The van der Waals surface area contributed by atoms with E-state index in [1.54, 1.807) is 0 Å². The molecule has 1 aliphatic carbocycles. The summed E-state index contributed by atoms with van der Waals surface area (Å²) >= 11 is 0. The van der Waals surface area contributed by atoms with Crippen molar-refractivity contribution in [2.75, 3.05) is 0 Å². The van der Waals surface area contributed by atoms with Crippen LogP contribution >= 0.6 is 0 Å². The Labute approximate surface area is 95.8 Å². The lowest BCUT2D eigenvalue weighted by atomic mass is 9.68. The van der Waals surface area contributed by atoms with Crippen LogP contribution in [0, 0.1) is 18.8 Å². The summed E-state index contributed by atoms with van der Waals surface area (Å²) in [5, 5.41) is 0. The van der Waals surface area contributed by atoms with Gasteiger partial charge in [-0.1, -0.05) is 29.8 Å². The predicted molar refractivity (Wildman–Crippen MR) is 63.5 cm³/mol. The van der Waals surface area contributed by atoms with Gasteiger partial charge in [-0.25, -0.2) is 0 Å². The highest BCUT2D eigenvalue weighted by atomic mass is 16.1. The van der Waals surface area contributed by atoms with Gasteiger partial charge >= 0.3 is 0 Å². The molecule has 1 aromatic rings. The Morgan fingerprint density at radius 2 is 2.19 bits per heavy atom. The highest BCUT2D eigenvalue weighted by molar-refractivity contribution is 5.78. The topological polar surface area (TPSA) is 69.1 Å². The van der Waals surface area contributed by atoms with Crippen LogP contribution in [0.15, 0.2) is 24.3 Å². The van der Waals surface area contributed by atoms with Gasteiger partial charge in [0.1, 0.15) is 0 Å². The molecule has 0 aliphatic heterocycles. The fourth-order valence-corrected chi connectivity index (χ4v) is 2.43. The van der Waals surface area contributed by atoms with Gasteiger partial charge in [0.25, 0.3) is 0 Å². The molecule has 86 valence electrons. The summed E-state index contributed by atoms with van der Waals surface area (Å²) in [5.41, 5.74) is 13.8. The lowest BCUT2D eigenvalue weighted by molar-refractivity contribution is -0.127. The number of carbonyl (C=O) groups excluding carboxylic acids is 1. The minimum Gasteiger partial charge on any atom is -0.369 e. The first-order valence-corrected chi connectivity index (χ1v) is 5.71. The zero-order chi connectivity index (χ0) is 11.7. The molecule has 0 radical (unpaired) electrons. The molecule has 2 rings (SSSR count). The van der Waals surface area contributed by atoms with Gasteiger partial charge in [-0.2, -0.15) is 0 Å². The van der Waals surface area contributed by atoms with E-state index in [1.165, 1.54) is 5.56 Å². The van der Waals surface area contributed by atoms with E-state index in [-0.39, 0.29) is 23.8 Å². The normalized spacial score (nSPS) is 25.9. The molecule has 0 saturated heterocycles. The number of hydrogen-bond donors (Lipinski definition) is 2. The minimum atomic E-state index is -0.209. The quantitative estimate of drug-likeness (QED) is 0.807. The van der Waals surface area contributed by atoms with Crippen LogP contribution in [0.3, 0.4) is 0 Å². The molecule has 0 aromatic heterocycles. The van der Waals surface area contributed by atoms with E-state index < -0.39 is 0 Å². The van der Waals surface area contributed by atoms with Crippen molar-refractivity contribution in [1.82, 2.24) is 0 Å². The molecule has 1 amide bonds. The Bertz CT molecular complexity index is 403. The van der Waals surface area contributed by atoms with Crippen LogP contribution in [0.1, 0.15) is 30.0 Å². The van der Waals surface area contributed by atoms with Gasteiger partial charge in [0.05, 0.1) is 0 Å².